The molecule has 11 heavy (non-hydrogen) atoms. The molecule has 1 rings (SSSR count). The molecule has 0 aromatic heterocycles. The van der Waals surface area contributed by atoms with Crippen LogP contribution in [0.3, 0.4) is 0 Å². The Balaban J connectivity index is 2.37. The maximum atomic E-state index is 10.1. The van der Waals surface area contributed by atoms with E-state index in [1.54, 1.807) is 0 Å². The lowest BCUT2D eigenvalue weighted by molar-refractivity contribution is -0.504. The number of nitroso groups, excluding NO2 is 1. The Morgan fingerprint density at radius 1 is 1.45 bits per heavy atom. The summed E-state index contributed by atoms with van der Waals surface area (Å²) in [5.41, 5.74) is 0. The first-order chi connectivity index (χ1) is 5.24. The van der Waals surface area contributed by atoms with Crippen LogP contribution in [0.5, 0.6) is 0 Å². The molecule has 0 unspecified atom stereocenters. The molecular formula is C5H10N2O4. The molecule has 2 atom stereocenters. The summed E-state index contributed by atoms with van der Waals surface area (Å²) < 4.78 is 0. The highest BCUT2D eigenvalue weighted by molar-refractivity contribution is 4.82. The molecule has 64 valence electrons. The second-order valence-corrected chi connectivity index (χ2v) is 2.50. The van der Waals surface area contributed by atoms with Gasteiger partial charge in [0.2, 0.25) is 0 Å². The average molecular weight is 162 g/mol. The van der Waals surface area contributed by atoms with Crippen LogP contribution in [0.4, 0.5) is 0 Å². The highest BCUT2D eigenvalue weighted by Crippen LogP contribution is 2.24. The van der Waals surface area contributed by atoms with Crippen molar-refractivity contribution in [2.24, 2.45) is 5.18 Å². The summed E-state index contributed by atoms with van der Waals surface area (Å²) in [6, 6.07) is -0.447. The van der Waals surface area contributed by atoms with E-state index in [4.69, 9.17) is 10.4 Å². The Hall–Kier alpha value is -0.560. The molecule has 1 fully saturated rings. The zero-order chi connectivity index (χ0) is 8.27. The highest BCUT2D eigenvalue weighted by Gasteiger charge is 2.30. The number of rotatable bonds is 3. The van der Waals surface area contributed by atoms with Gasteiger partial charge < -0.3 is 0 Å². The fourth-order valence-corrected chi connectivity index (χ4v) is 1.27. The number of nitrogens with zero attached hydrogens (tertiary/aromatic N) is 2. The van der Waals surface area contributed by atoms with Gasteiger partial charge in [-0.2, -0.15) is 4.91 Å². The van der Waals surface area contributed by atoms with Crippen molar-refractivity contribution in [3.8, 4) is 0 Å². The van der Waals surface area contributed by atoms with Crippen LogP contribution in [0.1, 0.15) is 19.3 Å². The van der Waals surface area contributed by atoms with Crippen LogP contribution < -0.4 is 0 Å². The lowest BCUT2D eigenvalue weighted by Gasteiger charge is -2.14. The first-order valence-electron chi connectivity index (χ1n) is 3.41. The van der Waals surface area contributed by atoms with Crippen molar-refractivity contribution in [1.29, 1.82) is 0 Å². The van der Waals surface area contributed by atoms with Gasteiger partial charge in [0.15, 0.2) is 0 Å². The first-order valence-corrected chi connectivity index (χ1v) is 3.41. The summed E-state index contributed by atoms with van der Waals surface area (Å²) in [6.45, 7) is 0. The van der Waals surface area contributed by atoms with Crippen LogP contribution in [0.15, 0.2) is 5.18 Å². The quantitative estimate of drug-likeness (QED) is 0.471. The first kappa shape index (κ1) is 8.54. The molecule has 0 aromatic carbocycles. The van der Waals surface area contributed by atoms with Crippen LogP contribution in [0.25, 0.3) is 0 Å². The summed E-state index contributed by atoms with van der Waals surface area (Å²) >= 11 is 0. The maximum Gasteiger partial charge on any atom is 0.120 e. The molecule has 1 aliphatic carbocycles. The van der Waals surface area contributed by atoms with E-state index in [0.29, 0.717) is 12.8 Å². The van der Waals surface area contributed by atoms with E-state index in [1.165, 1.54) is 0 Å². The standard InChI is InChI=1S/C5H10N2O4/c8-6-4-2-1-3-5(4)11-7(9)10/h4-5,9-10H,1-3H2/t4-,5+/m1/s1. The predicted octanol–water partition coefficient (Wildman–Crippen LogP) is 0.686. The van der Waals surface area contributed by atoms with Crippen LogP contribution in [0, 0.1) is 4.91 Å². The minimum Gasteiger partial charge on any atom is -0.266 e. The van der Waals surface area contributed by atoms with Gasteiger partial charge in [0.1, 0.15) is 12.1 Å². The Morgan fingerprint density at radius 2 is 2.18 bits per heavy atom. The molecule has 0 heterocycles. The van der Waals surface area contributed by atoms with Crippen molar-refractivity contribution in [1.82, 2.24) is 5.39 Å². The average Bonchev–Trinajstić information content (AvgIpc) is 2.34. The molecule has 6 heteroatoms. The molecular weight excluding hydrogens is 152 g/mol. The molecule has 1 aliphatic rings. The minimum absolute atomic E-state index is 0.367. The van der Waals surface area contributed by atoms with Crippen LogP contribution in [-0.2, 0) is 4.84 Å². The molecule has 0 aliphatic heterocycles. The van der Waals surface area contributed by atoms with E-state index < -0.39 is 12.1 Å². The normalized spacial score (nSPS) is 31.2. The van der Waals surface area contributed by atoms with Crippen molar-refractivity contribution in [2.75, 3.05) is 0 Å². The predicted molar refractivity (Wildman–Crippen MR) is 33.7 cm³/mol. The third-order valence-corrected chi connectivity index (χ3v) is 1.78. The van der Waals surface area contributed by atoms with Gasteiger partial charge in [0, 0.05) is 0 Å². The van der Waals surface area contributed by atoms with Crippen LogP contribution in [-0.4, -0.2) is 28.0 Å². The second-order valence-electron chi connectivity index (χ2n) is 2.50. The fourth-order valence-electron chi connectivity index (χ4n) is 1.27. The van der Waals surface area contributed by atoms with Crippen molar-refractivity contribution in [2.45, 2.75) is 31.4 Å². The molecule has 1 saturated carbocycles. The maximum absolute atomic E-state index is 10.1. The van der Waals surface area contributed by atoms with Gasteiger partial charge in [-0.05, 0) is 19.3 Å². The smallest absolute Gasteiger partial charge is 0.120 e. The summed E-state index contributed by atoms with van der Waals surface area (Å²) in [4.78, 5) is 14.6. The van der Waals surface area contributed by atoms with Crippen LogP contribution in [0.2, 0.25) is 0 Å². The van der Waals surface area contributed by atoms with Crippen molar-refractivity contribution < 1.29 is 15.3 Å². The minimum atomic E-state index is -0.484. The molecule has 6 nitrogen and oxygen atoms in total. The van der Waals surface area contributed by atoms with E-state index in [2.05, 4.69) is 10.0 Å². The molecule has 0 amide bonds. The molecule has 0 aromatic rings. The number of hydrogen-bond acceptors (Lipinski definition) is 6. The summed E-state index contributed by atoms with van der Waals surface area (Å²) in [5, 5.41) is 18.9. The second kappa shape index (κ2) is 3.72. The third-order valence-electron chi connectivity index (χ3n) is 1.78. The monoisotopic (exact) mass is 162 g/mol. The van der Waals surface area contributed by atoms with Gasteiger partial charge in [-0.25, -0.2) is 4.84 Å². The molecule has 0 saturated heterocycles. The van der Waals surface area contributed by atoms with Crippen molar-refractivity contribution in [3.05, 3.63) is 4.91 Å². The lowest BCUT2D eigenvalue weighted by Crippen LogP contribution is -2.28. The zero-order valence-electron chi connectivity index (χ0n) is 5.88. The van der Waals surface area contributed by atoms with E-state index in [0.717, 1.165) is 6.42 Å². The molecule has 0 bridgehead atoms. The van der Waals surface area contributed by atoms with Crippen LogP contribution >= 0.6 is 0 Å². The Bertz CT molecular complexity index is 140. The van der Waals surface area contributed by atoms with E-state index in [-0.39, 0.29) is 5.39 Å². The topological polar surface area (TPSA) is 82.4 Å². The Labute approximate surface area is 63.2 Å². The molecule has 2 N–H and O–H groups in total. The van der Waals surface area contributed by atoms with E-state index >= 15 is 0 Å². The van der Waals surface area contributed by atoms with Gasteiger partial charge in [0.25, 0.3) is 0 Å². The van der Waals surface area contributed by atoms with Gasteiger partial charge in [-0.1, -0.05) is 5.18 Å². The SMILES string of the molecule is O=N[C@@H]1CCC[C@@H]1ON(O)O. The fraction of sp³-hybridized carbons (Fsp3) is 1.00. The zero-order valence-corrected chi connectivity index (χ0v) is 5.88. The van der Waals surface area contributed by atoms with Gasteiger partial charge in [-0.3, -0.25) is 10.4 Å². The highest BCUT2D eigenvalue weighted by atomic mass is 17.1. The Kier molecular flexibility index (Phi) is 2.89. The van der Waals surface area contributed by atoms with E-state index in [1.807, 2.05) is 0 Å². The summed E-state index contributed by atoms with van der Waals surface area (Å²) in [6.07, 6.45) is 1.63. The number of hydrogen-bond donors (Lipinski definition) is 2. The lowest BCUT2D eigenvalue weighted by atomic mass is 10.2. The molecule has 0 spiro atoms. The third kappa shape index (κ3) is 2.19. The van der Waals surface area contributed by atoms with Gasteiger partial charge in [0.05, 0.1) is 5.39 Å². The largest absolute Gasteiger partial charge is 0.266 e. The van der Waals surface area contributed by atoms with Gasteiger partial charge in [-0.15, -0.1) is 0 Å². The molecule has 0 radical (unpaired) electrons. The summed E-state index contributed by atoms with van der Waals surface area (Å²) in [5.74, 6) is 0. The summed E-state index contributed by atoms with van der Waals surface area (Å²) in [7, 11) is 0. The van der Waals surface area contributed by atoms with Gasteiger partial charge >= 0.3 is 0 Å². The van der Waals surface area contributed by atoms with Crippen molar-refractivity contribution in [3.63, 3.8) is 0 Å². The van der Waals surface area contributed by atoms with E-state index in [9.17, 15) is 4.91 Å². The Morgan fingerprint density at radius 3 is 2.73 bits per heavy atom. The van der Waals surface area contributed by atoms with Crippen molar-refractivity contribution >= 4 is 0 Å².